The number of ether oxygens (including phenoxy) is 1. The molecule has 0 spiro atoms. The number of methoxy groups -OCH3 is 1. The highest BCUT2D eigenvalue weighted by molar-refractivity contribution is 9.10. The summed E-state index contributed by atoms with van der Waals surface area (Å²) >= 11 is 3.53. The van der Waals surface area contributed by atoms with Crippen molar-refractivity contribution in [1.82, 2.24) is 19.7 Å². The van der Waals surface area contributed by atoms with Crippen molar-refractivity contribution in [2.24, 2.45) is 7.05 Å². The third-order valence-corrected chi connectivity index (χ3v) is 8.89. The predicted octanol–water partition coefficient (Wildman–Crippen LogP) is 5.30. The van der Waals surface area contributed by atoms with Gasteiger partial charge in [0.05, 0.1) is 41.1 Å². The van der Waals surface area contributed by atoms with Crippen LogP contribution in [0.15, 0.2) is 53.3 Å². The van der Waals surface area contributed by atoms with Gasteiger partial charge in [0.2, 0.25) is 16.0 Å². The van der Waals surface area contributed by atoms with E-state index in [1.54, 1.807) is 25.4 Å². The molecule has 216 valence electrons. The van der Waals surface area contributed by atoms with E-state index in [1.165, 1.54) is 16.3 Å². The molecule has 13 heteroatoms. The molecule has 0 radical (unpaired) electrons. The Morgan fingerprint density at radius 3 is 2.54 bits per heavy atom. The maximum Gasteiger partial charge on any atom is 0.232 e. The summed E-state index contributed by atoms with van der Waals surface area (Å²) in [5, 5.41) is 11.1. The predicted molar refractivity (Wildman–Crippen MR) is 167 cm³/mol. The number of aryl methyl sites for hydroxylation is 1. The second-order valence-electron chi connectivity index (χ2n) is 10.2. The number of benzene rings is 2. The number of para-hydroxylation sites is 2. The lowest BCUT2D eigenvalue weighted by Gasteiger charge is -2.28. The lowest BCUT2D eigenvalue weighted by atomic mass is 10.0. The minimum atomic E-state index is -3.52. The van der Waals surface area contributed by atoms with Crippen LogP contribution in [0.1, 0.15) is 19.5 Å². The van der Waals surface area contributed by atoms with Gasteiger partial charge in [0, 0.05) is 67.9 Å². The van der Waals surface area contributed by atoms with Crippen LogP contribution in [0.2, 0.25) is 0 Å². The van der Waals surface area contributed by atoms with Gasteiger partial charge in [0.25, 0.3) is 0 Å². The summed E-state index contributed by atoms with van der Waals surface area (Å²) in [6, 6.07) is 11.0. The highest BCUT2D eigenvalue weighted by Gasteiger charge is 2.25. The molecule has 0 bridgehead atoms. The van der Waals surface area contributed by atoms with Gasteiger partial charge in [-0.1, -0.05) is 12.1 Å². The Kier molecular flexibility index (Phi) is 7.84. The van der Waals surface area contributed by atoms with Crippen LogP contribution in [0.4, 0.5) is 34.5 Å². The number of hydrogen-bond acceptors (Lipinski definition) is 9. The summed E-state index contributed by atoms with van der Waals surface area (Å²) in [6.45, 7) is 4.52. The van der Waals surface area contributed by atoms with E-state index in [0.29, 0.717) is 39.1 Å². The number of hydrogen-bond donors (Lipinski definition) is 2. The molecular formula is C28H33BrN8O3S. The molecule has 0 saturated carbocycles. The van der Waals surface area contributed by atoms with Crippen LogP contribution in [0.25, 0.3) is 11.1 Å². The fraction of sp³-hybridized carbons (Fsp3) is 0.321. The molecule has 2 N–H and O–H groups in total. The van der Waals surface area contributed by atoms with Crippen LogP contribution in [0.5, 0.6) is 5.75 Å². The molecule has 2 aromatic carbocycles. The summed E-state index contributed by atoms with van der Waals surface area (Å²) in [5.41, 5.74) is 6.15. The van der Waals surface area contributed by atoms with E-state index >= 15 is 0 Å². The molecule has 1 aliphatic heterocycles. The van der Waals surface area contributed by atoms with Gasteiger partial charge in [-0.3, -0.25) is 8.99 Å². The molecule has 0 atom stereocenters. The van der Waals surface area contributed by atoms with Gasteiger partial charge in [-0.05, 0) is 48.0 Å². The van der Waals surface area contributed by atoms with Crippen LogP contribution in [-0.2, 0) is 23.5 Å². The van der Waals surface area contributed by atoms with Crippen LogP contribution in [0, 0.1) is 0 Å². The van der Waals surface area contributed by atoms with Gasteiger partial charge < -0.3 is 20.3 Å². The molecular weight excluding hydrogens is 608 g/mol. The maximum atomic E-state index is 12.6. The number of fused-ring (bicyclic) bond motifs is 3. The standard InChI is InChI=1S/C28H33BrN8O3S/c1-17(2)37(41(6,38)39)24-10-8-7-9-21(24)32-27-20(29)16-30-28(34-27)33-22-13-18-19-15-31-36(4)23(19)11-12-35(3)25(18)14-26(22)40-5/h7-10,13-17H,11-12H2,1-6H3,(H2,30,32,33,34). The van der Waals surface area contributed by atoms with Crippen molar-refractivity contribution in [2.45, 2.75) is 26.3 Å². The molecule has 5 rings (SSSR count). The van der Waals surface area contributed by atoms with Gasteiger partial charge in [0.1, 0.15) is 11.6 Å². The minimum absolute atomic E-state index is 0.279. The lowest BCUT2D eigenvalue weighted by molar-refractivity contribution is 0.417. The van der Waals surface area contributed by atoms with E-state index < -0.39 is 10.0 Å². The highest BCUT2D eigenvalue weighted by Crippen LogP contribution is 2.43. The molecule has 4 aromatic rings. The van der Waals surface area contributed by atoms with E-state index in [0.717, 1.165) is 29.8 Å². The monoisotopic (exact) mass is 640 g/mol. The normalized spacial score (nSPS) is 12.9. The first-order valence-corrected chi connectivity index (χ1v) is 15.7. The van der Waals surface area contributed by atoms with E-state index in [1.807, 2.05) is 56.0 Å². The second kappa shape index (κ2) is 11.2. The summed E-state index contributed by atoms with van der Waals surface area (Å²) in [5.74, 6) is 1.45. The third-order valence-electron chi connectivity index (χ3n) is 6.98. The zero-order valence-corrected chi connectivity index (χ0v) is 26.2. The highest BCUT2D eigenvalue weighted by atomic mass is 79.9. The van der Waals surface area contributed by atoms with Crippen molar-refractivity contribution in [3.05, 3.63) is 59.0 Å². The topological polar surface area (TPSA) is 118 Å². The van der Waals surface area contributed by atoms with Crippen LogP contribution in [-0.4, -0.2) is 61.2 Å². The molecule has 1 aliphatic rings. The number of nitrogens with zero attached hydrogens (tertiary/aromatic N) is 6. The molecule has 0 aliphatic carbocycles. The summed E-state index contributed by atoms with van der Waals surface area (Å²) < 4.78 is 34.9. The van der Waals surface area contributed by atoms with Crippen molar-refractivity contribution in [3.63, 3.8) is 0 Å². The van der Waals surface area contributed by atoms with Gasteiger partial charge in [0.15, 0.2) is 0 Å². The fourth-order valence-electron chi connectivity index (χ4n) is 5.12. The Hall–Kier alpha value is -3.84. The fourth-order valence-corrected chi connectivity index (χ4v) is 6.69. The van der Waals surface area contributed by atoms with Crippen LogP contribution >= 0.6 is 15.9 Å². The van der Waals surface area contributed by atoms with E-state index in [9.17, 15) is 8.42 Å². The number of nitrogens with one attached hydrogen (secondary N) is 2. The zero-order valence-electron chi connectivity index (χ0n) is 23.8. The van der Waals surface area contributed by atoms with Crippen molar-refractivity contribution in [1.29, 1.82) is 0 Å². The lowest BCUT2D eigenvalue weighted by Crippen LogP contribution is -2.36. The number of rotatable bonds is 8. The van der Waals surface area contributed by atoms with E-state index in [4.69, 9.17) is 9.72 Å². The second-order valence-corrected chi connectivity index (χ2v) is 12.9. The summed E-state index contributed by atoms with van der Waals surface area (Å²) in [4.78, 5) is 11.4. The number of sulfonamides is 1. The van der Waals surface area contributed by atoms with Gasteiger partial charge in [-0.25, -0.2) is 13.4 Å². The maximum absolute atomic E-state index is 12.6. The Bertz CT molecular complexity index is 1710. The molecule has 3 heterocycles. The molecule has 0 fully saturated rings. The molecule has 2 aromatic heterocycles. The minimum Gasteiger partial charge on any atom is -0.494 e. The van der Waals surface area contributed by atoms with Crippen LogP contribution in [0.3, 0.4) is 0 Å². The van der Waals surface area contributed by atoms with Crippen LogP contribution < -0.4 is 24.6 Å². The Balaban J connectivity index is 1.52. The Morgan fingerprint density at radius 2 is 1.83 bits per heavy atom. The Morgan fingerprint density at radius 1 is 1.07 bits per heavy atom. The summed E-state index contributed by atoms with van der Waals surface area (Å²) in [6.07, 6.45) is 5.62. The number of anilines is 6. The average molecular weight is 642 g/mol. The molecule has 11 nitrogen and oxygen atoms in total. The van der Waals surface area contributed by atoms with Crippen molar-refractivity contribution in [3.8, 4) is 16.9 Å². The Labute approximate surface area is 248 Å². The van der Waals surface area contributed by atoms with Crippen molar-refractivity contribution < 1.29 is 13.2 Å². The number of aromatic nitrogens is 4. The first kappa shape index (κ1) is 28.7. The number of likely N-dealkylation sites (N-methyl/N-ethyl adjacent to an activating group) is 1. The third kappa shape index (κ3) is 5.68. The van der Waals surface area contributed by atoms with E-state index in [-0.39, 0.29) is 6.04 Å². The summed E-state index contributed by atoms with van der Waals surface area (Å²) in [7, 11) is 2.15. The first-order valence-electron chi connectivity index (χ1n) is 13.1. The first-order chi connectivity index (χ1) is 19.5. The molecule has 0 saturated heterocycles. The zero-order chi connectivity index (χ0) is 29.5. The van der Waals surface area contributed by atoms with Gasteiger partial charge >= 0.3 is 0 Å². The quantitative estimate of drug-likeness (QED) is 0.264. The average Bonchev–Trinajstić information content (AvgIpc) is 3.22. The van der Waals surface area contributed by atoms with Gasteiger partial charge in [-0.2, -0.15) is 10.1 Å². The van der Waals surface area contributed by atoms with E-state index in [2.05, 4.69) is 48.6 Å². The molecule has 41 heavy (non-hydrogen) atoms. The van der Waals surface area contributed by atoms with Crippen molar-refractivity contribution in [2.75, 3.05) is 46.8 Å². The smallest absolute Gasteiger partial charge is 0.232 e. The SMILES string of the molecule is COc1cc2c(cc1Nc1ncc(Br)c(Nc3ccccc3N(C(C)C)S(C)(=O)=O)n1)-c1cnn(C)c1CCN2C. The number of halogens is 1. The molecule has 0 amide bonds. The molecule has 0 unspecified atom stereocenters. The van der Waals surface area contributed by atoms with Crippen molar-refractivity contribution >= 4 is 60.5 Å². The largest absolute Gasteiger partial charge is 0.494 e. The van der Waals surface area contributed by atoms with Gasteiger partial charge in [-0.15, -0.1) is 0 Å².